The summed E-state index contributed by atoms with van der Waals surface area (Å²) in [5.74, 6) is -0.606. The summed E-state index contributed by atoms with van der Waals surface area (Å²) < 4.78 is 0.784. The number of hydrogen-bond donors (Lipinski definition) is 1. The molecule has 1 aromatic carbocycles. The van der Waals surface area contributed by atoms with E-state index in [-0.39, 0.29) is 41.2 Å². The number of rotatable bonds is 2. The summed E-state index contributed by atoms with van der Waals surface area (Å²) in [4.78, 5) is 25.2. The number of amides is 2. The van der Waals surface area contributed by atoms with Crippen molar-refractivity contribution in [3.63, 3.8) is 0 Å². The molecule has 5 rings (SSSR count). The Hall–Kier alpha value is -1.95. The van der Waals surface area contributed by atoms with Crippen LogP contribution in [-0.2, 0) is 9.59 Å². The summed E-state index contributed by atoms with van der Waals surface area (Å²) in [6.45, 7) is 0. The topological polar surface area (TPSA) is 70.0 Å². The first-order chi connectivity index (χ1) is 11.1. The molecule has 1 heterocycles. The lowest BCUT2D eigenvalue weighted by atomic mass is 9.63. The van der Waals surface area contributed by atoms with E-state index in [0.29, 0.717) is 5.56 Å². The molecule has 1 saturated heterocycles. The summed E-state index contributed by atoms with van der Waals surface area (Å²) in [6.07, 6.45) is 7.45. The summed E-state index contributed by atoms with van der Waals surface area (Å²) in [5, 5.41) is 14.9. The Kier molecular flexibility index (Phi) is 3.37. The van der Waals surface area contributed by atoms with Crippen molar-refractivity contribution in [2.24, 2.45) is 28.8 Å². The van der Waals surface area contributed by atoms with Gasteiger partial charge in [-0.05, 0) is 42.9 Å². The molecule has 6 heteroatoms. The van der Waals surface area contributed by atoms with E-state index in [0.717, 1.165) is 22.3 Å². The molecule has 5 nitrogen and oxygen atoms in total. The molecular formula is C17H15BrN2O3. The molecular weight excluding hydrogens is 360 g/mol. The van der Waals surface area contributed by atoms with Crippen LogP contribution in [-0.4, -0.2) is 28.1 Å². The average Bonchev–Trinajstić information content (AvgIpc) is 2.83. The van der Waals surface area contributed by atoms with E-state index in [9.17, 15) is 14.7 Å². The first kappa shape index (κ1) is 14.6. The highest BCUT2D eigenvalue weighted by atomic mass is 79.9. The SMILES string of the molecule is O=C1[C@@H]2[C@H](C(=O)N1/N=C/c1cc(Br)ccc1O)[C@@H]1C=C[C@H]2CC1. The molecule has 0 spiro atoms. The largest absolute Gasteiger partial charge is 0.507 e. The predicted molar refractivity (Wildman–Crippen MR) is 87.6 cm³/mol. The van der Waals surface area contributed by atoms with E-state index in [1.54, 1.807) is 12.1 Å². The third-order valence-corrected chi connectivity index (χ3v) is 5.53. The monoisotopic (exact) mass is 374 g/mol. The van der Waals surface area contributed by atoms with Crippen molar-refractivity contribution < 1.29 is 14.7 Å². The maximum atomic E-state index is 12.6. The van der Waals surface area contributed by atoms with Gasteiger partial charge in [0, 0.05) is 10.0 Å². The standard InChI is InChI=1S/C17H15BrN2O3/c18-12-5-6-13(21)11(7-12)8-19-20-16(22)14-9-1-2-10(4-3-9)15(14)17(20)23/h1-2,5-10,14-15,21H,3-4H2/b19-8+/t9-,10+,14-,15+. The molecule has 0 radical (unpaired) electrons. The summed E-state index contributed by atoms with van der Waals surface area (Å²) in [7, 11) is 0. The number of carbonyl (C=O) groups is 2. The molecule has 1 aliphatic heterocycles. The van der Waals surface area contributed by atoms with Crippen LogP contribution in [0.4, 0.5) is 0 Å². The lowest BCUT2D eigenvalue weighted by Crippen LogP contribution is -2.38. The highest BCUT2D eigenvalue weighted by molar-refractivity contribution is 9.10. The summed E-state index contributed by atoms with van der Waals surface area (Å²) in [5.41, 5.74) is 0.455. The Morgan fingerprint density at radius 3 is 2.30 bits per heavy atom. The quantitative estimate of drug-likeness (QED) is 0.491. The Morgan fingerprint density at radius 2 is 1.74 bits per heavy atom. The minimum Gasteiger partial charge on any atom is -0.507 e. The van der Waals surface area contributed by atoms with Gasteiger partial charge in [-0.1, -0.05) is 28.1 Å². The molecule has 1 saturated carbocycles. The maximum absolute atomic E-state index is 12.6. The number of benzene rings is 1. The van der Waals surface area contributed by atoms with Crippen molar-refractivity contribution in [2.45, 2.75) is 12.8 Å². The van der Waals surface area contributed by atoms with Crippen molar-refractivity contribution in [1.82, 2.24) is 5.01 Å². The molecule has 0 unspecified atom stereocenters. The van der Waals surface area contributed by atoms with E-state index in [4.69, 9.17) is 0 Å². The van der Waals surface area contributed by atoms with Gasteiger partial charge in [0.25, 0.3) is 11.8 Å². The Morgan fingerprint density at radius 1 is 1.13 bits per heavy atom. The number of nitrogens with zero attached hydrogens (tertiary/aromatic N) is 2. The zero-order chi connectivity index (χ0) is 16.1. The van der Waals surface area contributed by atoms with Gasteiger partial charge in [0.2, 0.25) is 0 Å². The lowest BCUT2D eigenvalue weighted by molar-refractivity contribution is -0.140. The van der Waals surface area contributed by atoms with Gasteiger partial charge >= 0.3 is 0 Å². The number of phenolic OH excluding ortho intramolecular Hbond substituents is 1. The van der Waals surface area contributed by atoms with Crippen LogP contribution in [0.5, 0.6) is 5.75 Å². The minimum absolute atomic E-state index is 0.0511. The van der Waals surface area contributed by atoms with Crippen LogP contribution in [0, 0.1) is 23.7 Å². The number of fused-ring (bicyclic) bond motifs is 1. The second kappa shape index (κ2) is 5.30. The third-order valence-electron chi connectivity index (χ3n) is 5.04. The van der Waals surface area contributed by atoms with Crippen molar-refractivity contribution in [3.05, 3.63) is 40.4 Å². The van der Waals surface area contributed by atoms with Gasteiger partial charge < -0.3 is 5.11 Å². The van der Waals surface area contributed by atoms with Gasteiger partial charge in [-0.15, -0.1) is 0 Å². The number of carbonyl (C=O) groups excluding carboxylic acids is 2. The molecule has 2 bridgehead atoms. The van der Waals surface area contributed by atoms with Crippen LogP contribution in [0.25, 0.3) is 0 Å². The van der Waals surface area contributed by atoms with Crippen LogP contribution >= 0.6 is 15.9 Å². The van der Waals surface area contributed by atoms with Crippen molar-refractivity contribution in [3.8, 4) is 5.75 Å². The Labute approximate surface area is 141 Å². The minimum atomic E-state index is -0.264. The highest BCUT2D eigenvalue weighted by Crippen LogP contribution is 2.49. The van der Waals surface area contributed by atoms with Gasteiger partial charge in [-0.25, -0.2) is 0 Å². The van der Waals surface area contributed by atoms with E-state index in [1.165, 1.54) is 12.3 Å². The fourth-order valence-corrected chi connectivity index (χ4v) is 4.30. The van der Waals surface area contributed by atoms with Gasteiger partial charge in [0.15, 0.2) is 0 Å². The van der Waals surface area contributed by atoms with E-state index >= 15 is 0 Å². The fourth-order valence-electron chi connectivity index (χ4n) is 3.92. The van der Waals surface area contributed by atoms with Crippen LogP contribution in [0.1, 0.15) is 18.4 Å². The van der Waals surface area contributed by atoms with Crippen molar-refractivity contribution in [2.75, 3.05) is 0 Å². The molecule has 3 aliphatic carbocycles. The first-order valence-corrected chi connectivity index (χ1v) is 8.44. The van der Waals surface area contributed by atoms with Crippen LogP contribution in [0.2, 0.25) is 0 Å². The van der Waals surface area contributed by atoms with Crippen molar-refractivity contribution >= 4 is 34.0 Å². The van der Waals surface area contributed by atoms with E-state index in [2.05, 4.69) is 33.2 Å². The molecule has 4 atom stereocenters. The highest BCUT2D eigenvalue weighted by Gasteiger charge is 2.56. The number of imide groups is 1. The van der Waals surface area contributed by atoms with Crippen molar-refractivity contribution in [1.29, 1.82) is 0 Å². The van der Waals surface area contributed by atoms with E-state index < -0.39 is 0 Å². The molecule has 2 amide bonds. The van der Waals surface area contributed by atoms with Crippen LogP contribution < -0.4 is 0 Å². The molecule has 0 aromatic heterocycles. The maximum Gasteiger partial charge on any atom is 0.254 e. The molecule has 1 N–H and O–H groups in total. The van der Waals surface area contributed by atoms with Gasteiger partial charge in [-0.2, -0.15) is 10.1 Å². The van der Waals surface area contributed by atoms with Gasteiger partial charge in [0.1, 0.15) is 5.75 Å². The number of allylic oxidation sites excluding steroid dienone is 2. The van der Waals surface area contributed by atoms with Crippen LogP contribution in [0.3, 0.4) is 0 Å². The second-order valence-corrected chi connectivity index (χ2v) is 7.19. The number of hydrazone groups is 1. The van der Waals surface area contributed by atoms with Gasteiger partial charge in [0.05, 0.1) is 18.1 Å². The molecule has 1 aromatic rings. The number of aromatic hydroxyl groups is 1. The zero-order valence-corrected chi connectivity index (χ0v) is 13.8. The normalized spacial score (nSPS) is 32.1. The Bertz CT molecular complexity index is 726. The van der Waals surface area contributed by atoms with Gasteiger partial charge in [-0.3, -0.25) is 9.59 Å². The predicted octanol–water partition coefficient (Wildman–Crippen LogP) is 2.69. The second-order valence-electron chi connectivity index (χ2n) is 6.28. The number of hydrogen-bond acceptors (Lipinski definition) is 4. The Balaban J connectivity index is 1.63. The number of phenols is 1. The zero-order valence-electron chi connectivity index (χ0n) is 12.2. The molecule has 118 valence electrons. The third kappa shape index (κ3) is 2.24. The molecule has 2 fully saturated rings. The number of halogens is 1. The van der Waals surface area contributed by atoms with E-state index in [1.807, 2.05) is 0 Å². The molecule has 4 aliphatic rings. The summed E-state index contributed by atoms with van der Waals surface area (Å²) in [6, 6.07) is 4.92. The first-order valence-electron chi connectivity index (χ1n) is 7.65. The lowest BCUT2D eigenvalue weighted by Gasteiger charge is -2.37. The molecule has 23 heavy (non-hydrogen) atoms. The average molecular weight is 375 g/mol. The summed E-state index contributed by atoms with van der Waals surface area (Å²) >= 11 is 3.32. The van der Waals surface area contributed by atoms with Crippen LogP contribution in [0.15, 0.2) is 39.9 Å². The smallest absolute Gasteiger partial charge is 0.254 e. The fraction of sp³-hybridized carbons (Fsp3) is 0.353.